The van der Waals surface area contributed by atoms with E-state index in [-0.39, 0.29) is 0 Å². The van der Waals surface area contributed by atoms with Crippen molar-refractivity contribution in [2.75, 3.05) is 33.3 Å². The molecule has 0 aromatic carbocycles. The summed E-state index contributed by atoms with van der Waals surface area (Å²) in [5.41, 5.74) is 0. The van der Waals surface area contributed by atoms with Gasteiger partial charge < -0.3 is 13.3 Å². The van der Waals surface area contributed by atoms with E-state index in [4.69, 9.17) is 13.3 Å². The third-order valence-corrected chi connectivity index (χ3v) is 5.25. The molecular formula is C6H16O3SSi. The van der Waals surface area contributed by atoms with E-state index in [1.54, 1.807) is 33.1 Å². The zero-order valence-electron chi connectivity index (χ0n) is 7.55. The molecule has 0 saturated carbocycles. The molecule has 3 nitrogen and oxygen atoms in total. The van der Waals surface area contributed by atoms with Crippen LogP contribution in [-0.2, 0) is 13.3 Å². The Morgan fingerprint density at radius 1 is 1.09 bits per heavy atom. The normalized spacial score (nSPS) is 12.0. The molecule has 0 aliphatic heterocycles. The van der Waals surface area contributed by atoms with Crippen molar-refractivity contribution in [3.8, 4) is 0 Å². The van der Waals surface area contributed by atoms with Crippen LogP contribution in [0.15, 0.2) is 0 Å². The van der Waals surface area contributed by atoms with Crippen molar-refractivity contribution >= 4 is 20.6 Å². The van der Waals surface area contributed by atoms with E-state index in [0.29, 0.717) is 0 Å². The van der Waals surface area contributed by atoms with E-state index in [9.17, 15) is 0 Å². The van der Waals surface area contributed by atoms with Crippen LogP contribution in [0.25, 0.3) is 0 Å². The number of hydrogen-bond donors (Lipinski definition) is 0. The van der Waals surface area contributed by atoms with E-state index >= 15 is 0 Å². The van der Waals surface area contributed by atoms with E-state index < -0.39 is 8.80 Å². The zero-order valence-corrected chi connectivity index (χ0v) is 9.36. The van der Waals surface area contributed by atoms with Crippen LogP contribution in [-0.4, -0.2) is 42.1 Å². The van der Waals surface area contributed by atoms with Crippen LogP contribution in [0.5, 0.6) is 0 Å². The van der Waals surface area contributed by atoms with Gasteiger partial charge in [0.05, 0.1) is 0 Å². The van der Waals surface area contributed by atoms with Crippen LogP contribution in [0, 0.1) is 0 Å². The second-order valence-corrected chi connectivity index (χ2v) is 6.11. The van der Waals surface area contributed by atoms with Gasteiger partial charge in [0.1, 0.15) is 0 Å². The van der Waals surface area contributed by atoms with Crippen LogP contribution in [0.1, 0.15) is 0 Å². The van der Waals surface area contributed by atoms with Gasteiger partial charge in [-0.05, 0) is 12.0 Å². The standard InChI is InChI=1S/C6H16O3SSi/c1-7-11(8-2,9-3)6-5-10-4/h5-6H2,1-4H3. The van der Waals surface area contributed by atoms with Gasteiger partial charge in [0.15, 0.2) is 0 Å². The first-order chi connectivity index (χ1) is 5.24. The monoisotopic (exact) mass is 196 g/mol. The van der Waals surface area contributed by atoms with Gasteiger partial charge in [-0.1, -0.05) is 0 Å². The molecule has 0 saturated heterocycles. The van der Waals surface area contributed by atoms with Crippen molar-refractivity contribution in [1.82, 2.24) is 0 Å². The zero-order chi connectivity index (χ0) is 8.74. The molecule has 0 aliphatic rings. The SMILES string of the molecule is CO[Si](CCSC)(OC)OC. The number of thioether (sulfide) groups is 1. The summed E-state index contributed by atoms with van der Waals surface area (Å²) < 4.78 is 15.7. The minimum absolute atomic E-state index is 0.873. The van der Waals surface area contributed by atoms with Gasteiger partial charge in [-0.2, -0.15) is 11.8 Å². The summed E-state index contributed by atoms with van der Waals surface area (Å²) >= 11 is 1.77. The van der Waals surface area contributed by atoms with Crippen LogP contribution in [0.2, 0.25) is 6.04 Å². The summed E-state index contributed by atoms with van der Waals surface area (Å²) in [6.07, 6.45) is 2.06. The molecule has 0 aromatic heterocycles. The highest BCUT2D eigenvalue weighted by Crippen LogP contribution is 2.14. The smallest absolute Gasteiger partial charge is 0.377 e. The molecule has 11 heavy (non-hydrogen) atoms. The Hall–Kier alpha value is 0.447. The lowest BCUT2D eigenvalue weighted by Crippen LogP contribution is -2.43. The molecule has 0 bridgehead atoms. The molecular weight excluding hydrogens is 180 g/mol. The van der Waals surface area contributed by atoms with Crippen LogP contribution in [0.3, 0.4) is 0 Å². The fourth-order valence-electron chi connectivity index (χ4n) is 0.783. The van der Waals surface area contributed by atoms with Crippen LogP contribution < -0.4 is 0 Å². The van der Waals surface area contributed by atoms with Crippen molar-refractivity contribution in [3.63, 3.8) is 0 Å². The molecule has 0 aromatic rings. The maximum absolute atomic E-state index is 5.22. The second-order valence-electron chi connectivity index (χ2n) is 2.04. The van der Waals surface area contributed by atoms with E-state index in [1.807, 2.05) is 0 Å². The summed E-state index contributed by atoms with van der Waals surface area (Å²) in [5.74, 6) is 1.02. The summed E-state index contributed by atoms with van der Waals surface area (Å²) in [6.45, 7) is 0. The lowest BCUT2D eigenvalue weighted by Gasteiger charge is -2.23. The molecule has 0 radical (unpaired) electrons. The van der Waals surface area contributed by atoms with E-state index in [2.05, 4.69) is 6.26 Å². The highest BCUT2D eigenvalue weighted by molar-refractivity contribution is 7.98. The highest BCUT2D eigenvalue weighted by Gasteiger charge is 2.36. The van der Waals surface area contributed by atoms with Crippen molar-refractivity contribution in [2.45, 2.75) is 6.04 Å². The van der Waals surface area contributed by atoms with Crippen molar-refractivity contribution in [1.29, 1.82) is 0 Å². The van der Waals surface area contributed by atoms with Crippen LogP contribution in [0.4, 0.5) is 0 Å². The Bertz CT molecular complexity index is 89.6. The lowest BCUT2D eigenvalue weighted by atomic mass is 11.0. The maximum atomic E-state index is 5.22. The second kappa shape index (κ2) is 6.02. The van der Waals surface area contributed by atoms with Gasteiger partial charge in [0, 0.05) is 27.4 Å². The number of hydrogen-bond acceptors (Lipinski definition) is 4. The first-order valence-electron chi connectivity index (χ1n) is 3.39. The molecule has 5 heteroatoms. The van der Waals surface area contributed by atoms with E-state index in [0.717, 1.165) is 11.8 Å². The van der Waals surface area contributed by atoms with Gasteiger partial charge in [0.2, 0.25) is 0 Å². The Morgan fingerprint density at radius 2 is 1.55 bits per heavy atom. The molecule has 0 atom stereocenters. The molecule has 0 N–H and O–H groups in total. The molecule has 0 fully saturated rings. The number of rotatable bonds is 6. The Kier molecular flexibility index (Phi) is 6.26. The summed E-state index contributed by atoms with van der Waals surface area (Å²) in [4.78, 5) is 0. The predicted molar refractivity (Wildman–Crippen MR) is 50.0 cm³/mol. The van der Waals surface area contributed by atoms with Crippen LogP contribution >= 0.6 is 11.8 Å². The fourth-order valence-corrected chi connectivity index (χ4v) is 3.71. The van der Waals surface area contributed by atoms with Crippen molar-refractivity contribution in [3.05, 3.63) is 0 Å². The molecule has 0 amide bonds. The van der Waals surface area contributed by atoms with Gasteiger partial charge in [-0.3, -0.25) is 0 Å². The molecule has 0 aliphatic carbocycles. The van der Waals surface area contributed by atoms with Gasteiger partial charge in [-0.25, -0.2) is 0 Å². The predicted octanol–water partition coefficient (Wildman–Crippen LogP) is 1.23. The molecule has 0 rings (SSSR count). The Labute approximate surface area is 73.8 Å². The summed E-state index contributed by atoms with van der Waals surface area (Å²) in [6, 6.07) is 0.873. The molecule has 0 spiro atoms. The highest BCUT2D eigenvalue weighted by atomic mass is 32.2. The van der Waals surface area contributed by atoms with Gasteiger partial charge in [0.25, 0.3) is 0 Å². The van der Waals surface area contributed by atoms with Crippen molar-refractivity contribution in [2.24, 2.45) is 0 Å². The Morgan fingerprint density at radius 3 is 1.82 bits per heavy atom. The van der Waals surface area contributed by atoms with Gasteiger partial charge in [-0.15, -0.1) is 0 Å². The minimum atomic E-state index is -2.26. The molecule has 0 unspecified atom stereocenters. The van der Waals surface area contributed by atoms with Crippen molar-refractivity contribution < 1.29 is 13.3 Å². The summed E-state index contributed by atoms with van der Waals surface area (Å²) in [7, 11) is 2.66. The lowest BCUT2D eigenvalue weighted by molar-refractivity contribution is 0.125. The average Bonchev–Trinajstić information content (AvgIpc) is 2.08. The fraction of sp³-hybridized carbons (Fsp3) is 1.00. The average molecular weight is 196 g/mol. The summed E-state index contributed by atoms with van der Waals surface area (Å²) in [5, 5.41) is 0. The van der Waals surface area contributed by atoms with Gasteiger partial charge >= 0.3 is 8.80 Å². The largest absolute Gasteiger partial charge is 0.500 e. The van der Waals surface area contributed by atoms with E-state index in [1.165, 1.54) is 0 Å². The topological polar surface area (TPSA) is 27.7 Å². The minimum Gasteiger partial charge on any atom is -0.377 e. The third-order valence-electron chi connectivity index (χ3n) is 1.55. The molecule has 68 valence electrons. The Balaban J connectivity index is 3.84. The third kappa shape index (κ3) is 3.57. The maximum Gasteiger partial charge on any atom is 0.500 e. The first-order valence-corrected chi connectivity index (χ1v) is 6.71. The molecule has 0 heterocycles. The first kappa shape index (κ1) is 11.4. The quantitative estimate of drug-likeness (QED) is 0.597.